The van der Waals surface area contributed by atoms with Gasteiger partial charge in [-0.1, -0.05) is 11.6 Å². The van der Waals surface area contributed by atoms with Crippen LogP contribution in [0.15, 0.2) is 24.3 Å². The molecule has 1 aromatic heterocycles. The van der Waals surface area contributed by atoms with Crippen molar-refractivity contribution in [3.05, 3.63) is 34.2 Å². The highest BCUT2D eigenvalue weighted by molar-refractivity contribution is 7.19. The highest BCUT2D eigenvalue weighted by atomic mass is 35.5. The van der Waals surface area contributed by atoms with Crippen LogP contribution in [0.5, 0.6) is 0 Å². The van der Waals surface area contributed by atoms with Gasteiger partial charge in [-0.05, 0) is 29.7 Å². The van der Waals surface area contributed by atoms with Gasteiger partial charge < -0.3 is 0 Å². The van der Waals surface area contributed by atoms with Crippen molar-refractivity contribution in [2.45, 2.75) is 5.88 Å². The van der Waals surface area contributed by atoms with Gasteiger partial charge in [0.15, 0.2) is 0 Å². The second-order valence-electron chi connectivity index (χ2n) is 2.53. The molecule has 0 unspecified atom stereocenters. The fourth-order valence-electron chi connectivity index (χ4n) is 1.14. The van der Waals surface area contributed by atoms with Gasteiger partial charge in [-0.25, -0.2) is 0 Å². The molecule has 0 saturated carbocycles. The van der Waals surface area contributed by atoms with Crippen LogP contribution in [0.3, 0.4) is 0 Å². The van der Waals surface area contributed by atoms with E-state index in [1.807, 2.05) is 18.2 Å². The van der Waals surface area contributed by atoms with Gasteiger partial charge in [0.25, 0.3) is 0 Å². The van der Waals surface area contributed by atoms with Gasteiger partial charge >= 0.3 is 0 Å². The molecule has 0 amide bonds. The van der Waals surface area contributed by atoms with Crippen molar-refractivity contribution < 1.29 is 0 Å². The summed E-state index contributed by atoms with van der Waals surface area (Å²) in [5, 5.41) is 1.96. The minimum Gasteiger partial charge on any atom is -0.139 e. The summed E-state index contributed by atoms with van der Waals surface area (Å²) in [7, 11) is 0. The van der Waals surface area contributed by atoms with E-state index in [1.165, 1.54) is 15.0 Å². The summed E-state index contributed by atoms with van der Waals surface area (Å²) >= 11 is 13.3. The Balaban J connectivity index is 2.67. The van der Waals surface area contributed by atoms with Crippen LogP contribution in [0.25, 0.3) is 10.1 Å². The topological polar surface area (TPSA) is 0 Å². The first-order valence-electron chi connectivity index (χ1n) is 3.53. The smallest absolute Gasteiger partial charge is 0.0568 e. The molecule has 0 atom stereocenters. The first kappa shape index (κ1) is 8.36. The average Bonchev–Trinajstić information content (AvgIpc) is 2.46. The zero-order valence-electron chi connectivity index (χ0n) is 6.18. The van der Waals surface area contributed by atoms with Crippen LogP contribution < -0.4 is 0 Å². The van der Waals surface area contributed by atoms with Crippen molar-refractivity contribution in [3.63, 3.8) is 0 Å². The van der Waals surface area contributed by atoms with E-state index in [1.54, 1.807) is 11.3 Å². The van der Waals surface area contributed by atoms with Gasteiger partial charge in [-0.2, -0.15) is 0 Å². The highest BCUT2D eigenvalue weighted by Crippen LogP contribution is 2.28. The number of hydrogen-bond donors (Lipinski definition) is 0. The molecule has 1 aromatic carbocycles. The van der Waals surface area contributed by atoms with E-state index in [0.29, 0.717) is 5.88 Å². The quantitative estimate of drug-likeness (QED) is 0.625. The largest absolute Gasteiger partial charge is 0.139 e. The minimum absolute atomic E-state index is 0.580. The molecule has 12 heavy (non-hydrogen) atoms. The molecule has 0 fully saturated rings. The van der Waals surface area contributed by atoms with Gasteiger partial charge in [0.1, 0.15) is 0 Å². The number of alkyl halides is 1. The molecule has 62 valence electrons. The molecule has 0 saturated heterocycles. The fourth-order valence-corrected chi connectivity index (χ4v) is 2.45. The monoisotopic (exact) mass is 216 g/mol. The lowest BCUT2D eigenvalue weighted by molar-refractivity contribution is 1.54. The highest BCUT2D eigenvalue weighted by Gasteiger charge is 2.00. The second-order valence-corrected chi connectivity index (χ2v) is 4.40. The van der Waals surface area contributed by atoms with Gasteiger partial charge in [0, 0.05) is 14.6 Å². The third-order valence-electron chi connectivity index (χ3n) is 1.66. The zero-order valence-corrected chi connectivity index (χ0v) is 8.51. The molecular weight excluding hydrogens is 211 g/mol. The summed E-state index contributed by atoms with van der Waals surface area (Å²) in [4.78, 5) is 1.19. The Kier molecular flexibility index (Phi) is 2.26. The average molecular weight is 217 g/mol. The van der Waals surface area contributed by atoms with Crippen LogP contribution in [0.2, 0.25) is 5.02 Å². The Morgan fingerprint density at radius 3 is 2.83 bits per heavy atom. The number of thiophene rings is 1. The minimum atomic E-state index is 0.580. The van der Waals surface area contributed by atoms with Crippen LogP contribution in [0.4, 0.5) is 0 Å². The Morgan fingerprint density at radius 2 is 2.08 bits per heavy atom. The predicted octanol–water partition coefficient (Wildman–Crippen LogP) is 4.29. The van der Waals surface area contributed by atoms with Crippen LogP contribution in [0.1, 0.15) is 4.88 Å². The summed E-state index contributed by atoms with van der Waals surface area (Å²) in [6, 6.07) is 7.97. The Labute approximate surface area is 84.7 Å². The molecule has 0 aliphatic heterocycles. The second kappa shape index (κ2) is 3.25. The maximum Gasteiger partial charge on any atom is 0.0568 e. The van der Waals surface area contributed by atoms with Crippen molar-refractivity contribution in [2.24, 2.45) is 0 Å². The number of halogens is 2. The van der Waals surface area contributed by atoms with Crippen molar-refractivity contribution in [1.29, 1.82) is 0 Å². The molecule has 0 nitrogen and oxygen atoms in total. The van der Waals surface area contributed by atoms with Gasteiger partial charge in [0.05, 0.1) is 5.88 Å². The van der Waals surface area contributed by atoms with E-state index < -0.39 is 0 Å². The molecule has 2 aromatic rings. The maximum atomic E-state index is 5.84. The van der Waals surface area contributed by atoms with Crippen molar-refractivity contribution in [1.82, 2.24) is 0 Å². The van der Waals surface area contributed by atoms with Crippen LogP contribution in [-0.4, -0.2) is 0 Å². The molecule has 2 rings (SSSR count). The third-order valence-corrected chi connectivity index (χ3v) is 3.46. The summed E-state index contributed by atoms with van der Waals surface area (Å²) in [5.74, 6) is 0.580. The summed E-state index contributed by atoms with van der Waals surface area (Å²) < 4.78 is 1.25. The molecule has 0 aliphatic carbocycles. The zero-order chi connectivity index (χ0) is 8.55. The Hall–Kier alpha value is -0.240. The lowest BCUT2D eigenvalue weighted by atomic mass is 10.2. The molecule has 0 bridgehead atoms. The lowest BCUT2D eigenvalue weighted by Crippen LogP contribution is -1.62. The van der Waals surface area contributed by atoms with Crippen molar-refractivity contribution in [3.8, 4) is 0 Å². The Bertz CT molecular complexity index is 406. The fraction of sp³-hybridized carbons (Fsp3) is 0.111. The summed E-state index contributed by atoms with van der Waals surface area (Å²) in [5.41, 5.74) is 0. The number of rotatable bonds is 1. The van der Waals surface area contributed by atoms with Crippen molar-refractivity contribution >= 4 is 44.6 Å². The molecular formula is C9H6Cl2S. The van der Waals surface area contributed by atoms with Crippen molar-refractivity contribution in [2.75, 3.05) is 0 Å². The first-order valence-corrected chi connectivity index (χ1v) is 5.26. The molecule has 0 radical (unpaired) electrons. The Morgan fingerprint density at radius 1 is 1.25 bits per heavy atom. The number of fused-ring (bicyclic) bond motifs is 1. The predicted molar refractivity (Wildman–Crippen MR) is 56.4 cm³/mol. The summed E-state index contributed by atoms with van der Waals surface area (Å²) in [6.07, 6.45) is 0. The molecule has 0 spiro atoms. The third kappa shape index (κ3) is 1.45. The van der Waals surface area contributed by atoms with E-state index in [9.17, 15) is 0 Å². The molecule has 0 N–H and O–H groups in total. The van der Waals surface area contributed by atoms with Crippen LogP contribution in [-0.2, 0) is 5.88 Å². The lowest BCUT2D eigenvalue weighted by Gasteiger charge is -1.88. The van der Waals surface area contributed by atoms with Gasteiger partial charge in [-0.3, -0.25) is 0 Å². The van der Waals surface area contributed by atoms with Gasteiger partial charge in [0.2, 0.25) is 0 Å². The van der Waals surface area contributed by atoms with E-state index in [-0.39, 0.29) is 0 Å². The van der Waals surface area contributed by atoms with Crippen LogP contribution >= 0.6 is 34.5 Å². The molecule has 0 aliphatic rings. The summed E-state index contributed by atoms with van der Waals surface area (Å²) in [6.45, 7) is 0. The SMILES string of the molecule is ClCc1cc2cc(Cl)ccc2s1. The first-order chi connectivity index (χ1) is 5.79. The van der Waals surface area contributed by atoms with E-state index in [0.717, 1.165) is 5.02 Å². The van der Waals surface area contributed by atoms with Gasteiger partial charge in [-0.15, -0.1) is 22.9 Å². The van der Waals surface area contributed by atoms with E-state index in [2.05, 4.69) is 6.07 Å². The van der Waals surface area contributed by atoms with E-state index >= 15 is 0 Å². The number of hydrogen-bond acceptors (Lipinski definition) is 1. The molecule has 1 heterocycles. The van der Waals surface area contributed by atoms with Crippen LogP contribution in [0, 0.1) is 0 Å². The molecule has 3 heteroatoms. The standard InChI is InChI=1S/C9H6Cl2S/c10-5-8-4-6-3-7(11)1-2-9(6)12-8/h1-4H,5H2. The normalized spacial score (nSPS) is 10.8. The van der Waals surface area contributed by atoms with E-state index in [4.69, 9.17) is 23.2 Å². The number of benzene rings is 1. The maximum absolute atomic E-state index is 5.84.